The predicted molar refractivity (Wildman–Crippen MR) is 82.7 cm³/mol. The second-order valence-corrected chi connectivity index (χ2v) is 5.38. The first-order chi connectivity index (χ1) is 9.78. The normalized spacial score (nSPS) is 10.9. The molecule has 4 nitrogen and oxygen atoms in total. The average Bonchev–Trinajstić information content (AvgIpc) is 2.99. The molecule has 0 atom stereocenters. The number of thiazole rings is 1. The molecule has 0 aliphatic rings. The molecule has 5 heteroatoms. The smallest absolute Gasteiger partial charge is 0.194 e. The van der Waals surface area contributed by atoms with Crippen molar-refractivity contribution in [2.24, 2.45) is 0 Å². The third-order valence-corrected chi connectivity index (χ3v) is 3.94. The largest absolute Gasteiger partial charge is 0.494 e. The monoisotopic (exact) mass is 287 g/mol. The molecule has 0 radical (unpaired) electrons. The van der Waals surface area contributed by atoms with E-state index in [1.54, 1.807) is 11.3 Å². The van der Waals surface area contributed by atoms with Crippen LogP contribution in [0, 0.1) is 6.92 Å². The summed E-state index contributed by atoms with van der Waals surface area (Å²) in [5.41, 5.74) is 3.36. The fourth-order valence-corrected chi connectivity index (χ4v) is 2.95. The van der Waals surface area contributed by atoms with Crippen molar-refractivity contribution in [1.29, 1.82) is 0 Å². The molecule has 0 saturated heterocycles. The number of aryl methyl sites for hydroxylation is 1. The van der Waals surface area contributed by atoms with Gasteiger partial charge in [0.05, 0.1) is 24.5 Å². The summed E-state index contributed by atoms with van der Waals surface area (Å²) in [5, 5.41) is 5.49. The van der Waals surface area contributed by atoms with E-state index in [1.807, 2.05) is 31.2 Å². The van der Waals surface area contributed by atoms with Crippen molar-refractivity contribution < 1.29 is 4.74 Å². The maximum atomic E-state index is 5.44. The molecule has 3 aromatic rings. The van der Waals surface area contributed by atoms with E-state index in [4.69, 9.17) is 4.74 Å². The van der Waals surface area contributed by atoms with Crippen LogP contribution in [0.25, 0.3) is 4.96 Å². The lowest BCUT2D eigenvalue weighted by molar-refractivity contribution is 0.340. The first kappa shape index (κ1) is 13.0. The number of aromatic nitrogens is 2. The maximum Gasteiger partial charge on any atom is 0.194 e. The lowest BCUT2D eigenvalue weighted by Crippen LogP contribution is -2.03. The lowest BCUT2D eigenvalue weighted by Gasteiger charge is -2.08. The molecule has 0 fully saturated rings. The summed E-state index contributed by atoms with van der Waals surface area (Å²) in [6.07, 6.45) is 2.06. The minimum atomic E-state index is 0.692. The number of imidazole rings is 1. The van der Waals surface area contributed by atoms with Crippen molar-refractivity contribution in [3.8, 4) is 5.75 Å². The topological polar surface area (TPSA) is 38.6 Å². The van der Waals surface area contributed by atoms with Gasteiger partial charge in [0.25, 0.3) is 0 Å². The van der Waals surface area contributed by atoms with Gasteiger partial charge in [0.15, 0.2) is 4.96 Å². The SMILES string of the molecule is CCOc1ccc(NCc2c(C)nc3sccn23)cc1. The third kappa shape index (κ3) is 2.49. The van der Waals surface area contributed by atoms with Crippen molar-refractivity contribution in [2.75, 3.05) is 11.9 Å². The first-order valence-electron chi connectivity index (χ1n) is 6.65. The molecule has 1 aromatic carbocycles. The standard InChI is InChI=1S/C15H17N3OS/c1-3-19-13-6-4-12(5-7-13)16-10-14-11(2)17-15-18(14)8-9-20-15/h4-9,16H,3,10H2,1-2H3. The van der Waals surface area contributed by atoms with Crippen molar-refractivity contribution in [2.45, 2.75) is 20.4 Å². The molecule has 2 aromatic heterocycles. The highest BCUT2D eigenvalue weighted by molar-refractivity contribution is 7.15. The summed E-state index contributed by atoms with van der Waals surface area (Å²) < 4.78 is 7.58. The Bertz CT molecular complexity index is 700. The van der Waals surface area contributed by atoms with Crippen molar-refractivity contribution >= 4 is 22.0 Å². The highest BCUT2D eigenvalue weighted by Gasteiger charge is 2.08. The number of nitrogens with zero attached hydrogens (tertiary/aromatic N) is 2. The van der Waals surface area contributed by atoms with E-state index in [2.05, 4.69) is 33.2 Å². The highest BCUT2D eigenvalue weighted by Crippen LogP contribution is 2.19. The van der Waals surface area contributed by atoms with Crippen LogP contribution in [-0.2, 0) is 6.54 Å². The third-order valence-electron chi connectivity index (χ3n) is 3.19. The zero-order valence-corrected chi connectivity index (χ0v) is 12.4. The summed E-state index contributed by atoms with van der Waals surface area (Å²) >= 11 is 1.66. The van der Waals surface area contributed by atoms with Crippen LogP contribution in [0.4, 0.5) is 5.69 Å². The Kier molecular flexibility index (Phi) is 3.60. The molecule has 0 unspecified atom stereocenters. The van der Waals surface area contributed by atoms with Crippen LogP contribution in [0.5, 0.6) is 5.75 Å². The zero-order valence-electron chi connectivity index (χ0n) is 11.6. The van der Waals surface area contributed by atoms with Crippen LogP contribution >= 0.6 is 11.3 Å². The quantitative estimate of drug-likeness (QED) is 0.777. The maximum absolute atomic E-state index is 5.44. The van der Waals surface area contributed by atoms with Crippen molar-refractivity contribution in [1.82, 2.24) is 9.38 Å². The van der Waals surface area contributed by atoms with E-state index < -0.39 is 0 Å². The minimum Gasteiger partial charge on any atom is -0.494 e. The Labute approximate surface area is 122 Å². The van der Waals surface area contributed by atoms with Gasteiger partial charge in [-0.15, -0.1) is 11.3 Å². The van der Waals surface area contributed by atoms with Gasteiger partial charge >= 0.3 is 0 Å². The van der Waals surface area contributed by atoms with Crippen molar-refractivity contribution in [3.63, 3.8) is 0 Å². The Morgan fingerprint density at radius 2 is 2.10 bits per heavy atom. The molecule has 104 valence electrons. The first-order valence-corrected chi connectivity index (χ1v) is 7.53. The van der Waals surface area contributed by atoms with Gasteiger partial charge < -0.3 is 10.1 Å². The zero-order chi connectivity index (χ0) is 13.9. The molecular weight excluding hydrogens is 270 g/mol. The Morgan fingerprint density at radius 1 is 1.30 bits per heavy atom. The van der Waals surface area contributed by atoms with Crippen LogP contribution in [0.2, 0.25) is 0 Å². The van der Waals surface area contributed by atoms with E-state index in [9.17, 15) is 0 Å². The number of nitrogens with one attached hydrogen (secondary N) is 1. The van der Waals surface area contributed by atoms with E-state index >= 15 is 0 Å². The minimum absolute atomic E-state index is 0.692. The molecule has 20 heavy (non-hydrogen) atoms. The summed E-state index contributed by atoms with van der Waals surface area (Å²) in [5.74, 6) is 0.902. The number of ether oxygens (including phenoxy) is 1. The summed E-state index contributed by atoms with van der Waals surface area (Å²) in [7, 11) is 0. The summed E-state index contributed by atoms with van der Waals surface area (Å²) in [6, 6.07) is 8.03. The molecule has 0 saturated carbocycles. The summed E-state index contributed by atoms with van der Waals surface area (Å²) in [6.45, 7) is 5.49. The molecule has 0 aliphatic carbocycles. The van der Waals surface area contributed by atoms with E-state index in [0.29, 0.717) is 6.61 Å². The van der Waals surface area contributed by atoms with Gasteiger partial charge in [-0.2, -0.15) is 0 Å². The fraction of sp³-hybridized carbons (Fsp3) is 0.267. The Hall–Kier alpha value is -2.01. The van der Waals surface area contributed by atoms with Gasteiger partial charge in [0.1, 0.15) is 5.75 Å². The lowest BCUT2D eigenvalue weighted by atomic mass is 10.3. The number of rotatable bonds is 5. The van der Waals surface area contributed by atoms with Gasteiger partial charge in [-0.25, -0.2) is 4.98 Å². The molecule has 0 aliphatic heterocycles. The molecular formula is C15H17N3OS. The van der Waals surface area contributed by atoms with E-state index in [1.165, 1.54) is 5.69 Å². The molecule has 1 N–H and O–H groups in total. The van der Waals surface area contributed by atoms with Gasteiger partial charge in [-0.3, -0.25) is 4.40 Å². The number of hydrogen-bond acceptors (Lipinski definition) is 4. The number of hydrogen-bond donors (Lipinski definition) is 1. The van der Waals surface area contributed by atoms with Gasteiger partial charge in [-0.1, -0.05) is 0 Å². The molecule has 3 rings (SSSR count). The summed E-state index contributed by atoms with van der Waals surface area (Å²) in [4.78, 5) is 5.59. The van der Waals surface area contributed by atoms with Crippen LogP contribution in [0.15, 0.2) is 35.8 Å². The molecule has 0 amide bonds. The van der Waals surface area contributed by atoms with Gasteiger partial charge in [0.2, 0.25) is 0 Å². The van der Waals surface area contributed by atoms with E-state index in [-0.39, 0.29) is 0 Å². The number of benzene rings is 1. The van der Waals surface area contributed by atoms with Crippen LogP contribution in [0.1, 0.15) is 18.3 Å². The average molecular weight is 287 g/mol. The molecule has 0 spiro atoms. The fourth-order valence-electron chi connectivity index (χ4n) is 2.18. The van der Waals surface area contributed by atoms with Crippen molar-refractivity contribution in [3.05, 3.63) is 47.2 Å². The van der Waals surface area contributed by atoms with Crippen LogP contribution in [-0.4, -0.2) is 16.0 Å². The van der Waals surface area contributed by atoms with Gasteiger partial charge in [-0.05, 0) is 38.1 Å². The predicted octanol–water partition coefficient (Wildman–Crippen LogP) is 3.72. The van der Waals surface area contributed by atoms with Crippen LogP contribution < -0.4 is 10.1 Å². The Morgan fingerprint density at radius 3 is 2.85 bits per heavy atom. The molecule has 2 heterocycles. The van der Waals surface area contributed by atoms with Gasteiger partial charge in [0, 0.05) is 17.3 Å². The number of anilines is 1. The second kappa shape index (κ2) is 5.54. The second-order valence-electron chi connectivity index (χ2n) is 4.51. The van der Waals surface area contributed by atoms with Crippen LogP contribution in [0.3, 0.4) is 0 Å². The molecule has 0 bridgehead atoms. The highest BCUT2D eigenvalue weighted by atomic mass is 32.1. The van der Waals surface area contributed by atoms with E-state index in [0.717, 1.165) is 28.6 Å². The number of fused-ring (bicyclic) bond motifs is 1. The Balaban J connectivity index is 1.72.